The Morgan fingerprint density at radius 3 is 1.97 bits per heavy atom. The molecule has 8 N–H and O–H groups in total. The highest BCUT2D eigenvalue weighted by atomic mass is 16.8. The maximum absolute atomic E-state index is 13.1. The van der Waals surface area contributed by atoms with E-state index >= 15 is 0 Å². The third-order valence-electron chi connectivity index (χ3n) is 19.0. The van der Waals surface area contributed by atoms with Crippen molar-refractivity contribution in [2.24, 2.45) is 50.2 Å². The molecule has 22 atom stereocenters. The van der Waals surface area contributed by atoms with Crippen molar-refractivity contribution in [3.05, 3.63) is 11.6 Å². The number of ether oxygens (including phenoxy) is 7. The van der Waals surface area contributed by atoms with Crippen LogP contribution in [0.3, 0.4) is 0 Å². The zero-order valence-electron chi connectivity index (χ0n) is 39.3. The van der Waals surface area contributed by atoms with Gasteiger partial charge < -0.3 is 74.0 Å². The van der Waals surface area contributed by atoms with Gasteiger partial charge in [0.2, 0.25) is 0 Å². The van der Waals surface area contributed by atoms with Gasteiger partial charge in [-0.25, -0.2) is 0 Å². The minimum atomic E-state index is -1.77. The van der Waals surface area contributed by atoms with E-state index < -0.39 is 115 Å². The van der Waals surface area contributed by atoms with E-state index in [0.29, 0.717) is 19.3 Å². The number of aliphatic hydroxyl groups excluding tert-OH is 7. The highest BCUT2D eigenvalue weighted by Gasteiger charge is 2.70. The normalized spacial score (nSPS) is 53.0. The second kappa shape index (κ2) is 17.5. The summed E-state index contributed by atoms with van der Waals surface area (Å²) in [5.41, 5.74) is -0.589. The fourth-order valence-corrected chi connectivity index (χ4v) is 14.8. The summed E-state index contributed by atoms with van der Waals surface area (Å²) in [5.74, 6) is -1.17. The van der Waals surface area contributed by atoms with E-state index in [-0.39, 0.29) is 52.6 Å². The Morgan fingerprint density at radius 2 is 1.34 bits per heavy atom. The summed E-state index contributed by atoms with van der Waals surface area (Å²) in [6.45, 7) is 15.6. The van der Waals surface area contributed by atoms with Crippen LogP contribution in [0.25, 0.3) is 0 Å². The van der Waals surface area contributed by atoms with E-state index in [1.807, 2.05) is 0 Å². The van der Waals surface area contributed by atoms with Gasteiger partial charge in [0.05, 0.1) is 37.4 Å². The number of aliphatic hydroxyl groups is 7. The molecule has 65 heavy (non-hydrogen) atoms. The van der Waals surface area contributed by atoms with Crippen LogP contribution >= 0.6 is 0 Å². The number of hydrogen-bond acceptors (Lipinski definition) is 16. The van der Waals surface area contributed by atoms with E-state index in [1.54, 1.807) is 0 Å². The van der Waals surface area contributed by atoms with Crippen LogP contribution in [-0.4, -0.2) is 159 Å². The molecule has 3 aliphatic heterocycles. The smallest absolute Gasteiger partial charge is 0.310 e. The van der Waals surface area contributed by atoms with Crippen LogP contribution in [0.5, 0.6) is 0 Å². The summed E-state index contributed by atoms with van der Waals surface area (Å²) in [6, 6.07) is 0. The van der Waals surface area contributed by atoms with Gasteiger partial charge in [0.1, 0.15) is 48.8 Å². The molecule has 0 bridgehead atoms. The van der Waals surface area contributed by atoms with Gasteiger partial charge in [-0.15, -0.1) is 0 Å². The van der Waals surface area contributed by atoms with Gasteiger partial charge >= 0.3 is 11.9 Å². The van der Waals surface area contributed by atoms with E-state index in [2.05, 4.69) is 47.6 Å². The van der Waals surface area contributed by atoms with Crippen molar-refractivity contribution >= 4 is 11.9 Å². The van der Waals surface area contributed by atoms with E-state index in [9.17, 15) is 50.4 Å². The number of fused-ring (bicyclic) bond motifs is 7. The molecule has 0 unspecified atom stereocenters. The Bertz CT molecular complexity index is 1810. The van der Waals surface area contributed by atoms with Gasteiger partial charge in [0.25, 0.3) is 0 Å². The molecule has 17 nitrogen and oxygen atoms in total. The molecule has 3 heterocycles. The SMILES string of the molecule is CC(=O)O[C@H]1[C@H](O[C@@H]2[C@@H](O)[C@H](C)O[C@H](O[C@@H]3[C@H](O[C@H]4CC[C@@]5(C)[C@@H](CC[C@]6(C)[C@@H]5CC=C5[C@H]7CC(C)(C)CC[C@@]7(C(=O)O)CC[C@]56C)[C@]4(C)CO)OC[C@@H](O)[C@@H]3O)[C@@H]2O)OC[C@H](O)[C@@H]1O. The van der Waals surface area contributed by atoms with Crippen LogP contribution < -0.4 is 0 Å². The van der Waals surface area contributed by atoms with Gasteiger partial charge in [-0.3, -0.25) is 9.59 Å². The number of carboxylic acid groups (broad SMARTS) is 1. The zero-order chi connectivity index (χ0) is 47.4. The lowest BCUT2D eigenvalue weighted by atomic mass is 9.33. The molecule has 8 aliphatic rings. The zero-order valence-corrected chi connectivity index (χ0v) is 39.3. The standard InChI is InChI=1S/C48H76O17/c1-23-32(53)36(64-41-37(62-24(2)50)33(54)27(51)21-60-41)35(56)39(61-23)65-38-34(55)28(52)20-59-40(38)63-31-12-13-44(5)29(45(31,6)22-49)11-14-47(8)30(44)10-9-25-26-19-43(3,4)15-17-48(26,42(57)58)18-16-46(25,47)7/h9,23,26-41,49,51-56H,10-22H2,1-8H3,(H,57,58)/t23-,26+,27-,28+,29+,30+,31-,32-,33-,34-,35+,36+,37+,38-,39+,40-,41-,44-,45-,46+,47+,48+/m0/s1. The third-order valence-corrected chi connectivity index (χ3v) is 19.0. The van der Waals surface area contributed by atoms with Crippen molar-refractivity contribution in [2.45, 2.75) is 206 Å². The predicted octanol–water partition coefficient (Wildman–Crippen LogP) is 2.56. The monoisotopic (exact) mass is 925 g/mol. The number of aliphatic carboxylic acids is 1. The first-order valence-electron chi connectivity index (χ1n) is 24.0. The molecular weight excluding hydrogens is 849 g/mol. The summed E-state index contributed by atoms with van der Waals surface area (Å²) >= 11 is 0. The summed E-state index contributed by atoms with van der Waals surface area (Å²) in [6.07, 6.45) is -9.39. The number of hydrogen-bond donors (Lipinski definition) is 8. The first kappa shape index (κ1) is 49.6. The van der Waals surface area contributed by atoms with Crippen molar-refractivity contribution in [3.8, 4) is 0 Å². The first-order valence-corrected chi connectivity index (χ1v) is 24.0. The van der Waals surface area contributed by atoms with E-state index in [4.69, 9.17) is 33.2 Å². The van der Waals surface area contributed by atoms with Gasteiger partial charge in [-0.2, -0.15) is 0 Å². The summed E-state index contributed by atoms with van der Waals surface area (Å²) in [4.78, 5) is 25.0. The number of esters is 1. The maximum atomic E-state index is 13.1. The average molecular weight is 925 g/mol. The second-order valence-corrected chi connectivity index (χ2v) is 23.0. The Labute approximate surface area is 382 Å². The van der Waals surface area contributed by atoms with Crippen molar-refractivity contribution < 1.29 is 83.6 Å². The molecular formula is C48H76O17. The molecule has 8 rings (SSSR count). The summed E-state index contributed by atoms with van der Waals surface area (Å²) in [7, 11) is 0. The molecule has 5 aliphatic carbocycles. The lowest BCUT2D eigenvalue weighted by Crippen LogP contribution is -2.67. The fraction of sp³-hybridized carbons (Fsp3) is 0.917. The number of carbonyl (C=O) groups excluding carboxylic acids is 1. The largest absolute Gasteiger partial charge is 0.481 e. The molecule has 0 aromatic rings. The van der Waals surface area contributed by atoms with Crippen LogP contribution in [0.4, 0.5) is 0 Å². The molecule has 0 spiro atoms. The van der Waals surface area contributed by atoms with Gasteiger partial charge in [0.15, 0.2) is 25.0 Å². The van der Waals surface area contributed by atoms with Crippen molar-refractivity contribution in [2.75, 3.05) is 19.8 Å². The molecule has 4 saturated carbocycles. The van der Waals surface area contributed by atoms with Crippen LogP contribution in [0.15, 0.2) is 11.6 Å². The predicted molar refractivity (Wildman–Crippen MR) is 228 cm³/mol. The fourth-order valence-electron chi connectivity index (χ4n) is 14.8. The van der Waals surface area contributed by atoms with Crippen molar-refractivity contribution in [1.29, 1.82) is 0 Å². The lowest BCUT2D eigenvalue weighted by molar-refractivity contribution is -0.379. The van der Waals surface area contributed by atoms with Crippen LogP contribution in [0.1, 0.15) is 120 Å². The molecule has 17 heteroatoms. The number of rotatable bonds is 9. The minimum absolute atomic E-state index is 0.00129. The van der Waals surface area contributed by atoms with E-state index in [0.717, 1.165) is 51.9 Å². The quantitative estimate of drug-likeness (QED) is 0.0939. The molecule has 370 valence electrons. The van der Waals surface area contributed by atoms with Crippen molar-refractivity contribution in [3.63, 3.8) is 0 Å². The van der Waals surface area contributed by atoms with Gasteiger partial charge in [-0.1, -0.05) is 53.2 Å². The second-order valence-electron chi connectivity index (χ2n) is 23.0. The number of allylic oxidation sites excluding steroid dienone is 2. The first-order chi connectivity index (χ1) is 30.4. The third kappa shape index (κ3) is 7.96. The lowest BCUT2D eigenvalue weighted by Gasteiger charge is -2.71. The number of carboxylic acids is 1. The topological polar surface area (TPSA) is 261 Å². The molecule has 7 fully saturated rings. The van der Waals surface area contributed by atoms with Gasteiger partial charge in [-0.05, 0) is 111 Å². The Hall–Kier alpha value is -1.84. The molecule has 0 aromatic heterocycles. The number of carbonyl (C=O) groups is 2. The molecule has 0 radical (unpaired) electrons. The van der Waals surface area contributed by atoms with Gasteiger partial charge in [0, 0.05) is 12.3 Å². The highest BCUT2D eigenvalue weighted by Crippen LogP contribution is 2.76. The minimum Gasteiger partial charge on any atom is -0.481 e. The van der Waals surface area contributed by atoms with Crippen LogP contribution in [0.2, 0.25) is 0 Å². The summed E-state index contributed by atoms with van der Waals surface area (Å²) < 4.78 is 41.7. The Morgan fingerprint density at radius 1 is 0.723 bits per heavy atom. The highest BCUT2D eigenvalue weighted by molar-refractivity contribution is 5.76. The van der Waals surface area contributed by atoms with E-state index in [1.165, 1.54) is 12.5 Å². The maximum Gasteiger partial charge on any atom is 0.310 e. The van der Waals surface area contributed by atoms with Crippen LogP contribution in [0, 0.1) is 50.2 Å². The molecule has 0 aromatic carbocycles. The Balaban J connectivity index is 1.01. The summed E-state index contributed by atoms with van der Waals surface area (Å²) in [5, 5.41) is 88.1. The van der Waals surface area contributed by atoms with Crippen LogP contribution in [-0.2, 0) is 42.7 Å². The molecule has 0 amide bonds. The molecule has 3 saturated heterocycles. The Kier molecular flexibility index (Phi) is 13.4. The average Bonchev–Trinajstić information content (AvgIpc) is 3.24. The van der Waals surface area contributed by atoms with Crippen molar-refractivity contribution in [1.82, 2.24) is 0 Å².